The highest BCUT2D eigenvalue weighted by Crippen LogP contribution is 2.10. The molecule has 1 amide bonds. The van der Waals surface area contributed by atoms with Crippen molar-refractivity contribution in [2.45, 2.75) is 13.0 Å². The van der Waals surface area contributed by atoms with Gasteiger partial charge in [-0.15, -0.1) is 0 Å². The molecule has 1 saturated heterocycles. The summed E-state index contributed by atoms with van der Waals surface area (Å²) in [5.74, 6) is -0.142. The Morgan fingerprint density at radius 2 is 2.64 bits per heavy atom. The van der Waals surface area contributed by atoms with Gasteiger partial charge in [-0.3, -0.25) is 4.79 Å². The second kappa shape index (κ2) is 3.50. The van der Waals surface area contributed by atoms with Crippen LogP contribution in [0.4, 0.5) is 0 Å². The Kier molecular flexibility index (Phi) is 2.62. The number of amides is 1. The minimum atomic E-state index is -0.554. The molecule has 1 atom stereocenters. The number of aliphatic hydroxyl groups excluding tert-OH is 1. The van der Waals surface area contributed by atoms with Crippen molar-refractivity contribution in [2.75, 3.05) is 13.2 Å². The number of carbonyl (C=O) groups excluding carboxylic acids is 1. The van der Waals surface area contributed by atoms with Crippen LogP contribution < -0.4 is 5.32 Å². The lowest BCUT2D eigenvalue weighted by molar-refractivity contribution is -0.118. The molecule has 1 unspecified atom stereocenters. The first-order valence-corrected chi connectivity index (χ1v) is 3.42. The summed E-state index contributed by atoms with van der Waals surface area (Å²) in [4.78, 5) is 10.4. The topological polar surface area (TPSA) is 58.6 Å². The summed E-state index contributed by atoms with van der Waals surface area (Å²) in [5, 5.41) is 11.6. The minimum Gasteiger partial charge on any atom is -0.386 e. The Hall–Kier alpha value is -0.870. The molecule has 1 rings (SSSR count). The minimum absolute atomic E-state index is 0.142. The zero-order chi connectivity index (χ0) is 8.27. The lowest BCUT2D eigenvalue weighted by atomic mass is 10.2. The maximum Gasteiger partial charge on any atom is 0.220 e. The fraction of sp³-hybridized carbons (Fsp3) is 0.571. The predicted molar refractivity (Wildman–Crippen MR) is 38.7 cm³/mol. The molecule has 4 heteroatoms. The number of rotatable bonds is 1. The zero-order valence-electron chi connectivity index (χ0n) is 6.33. The zero-order valence-corrected chi connectivity index (χ0v) is 6.33. The van der Waals surface area contributed by atoms with E-state index in [9.17, 15) is 4.79 Å². The first-order valence-electron chi connectivity index (χ1n) is 3.42. The van der Waals surface area contributed by atoms with Gasteiger partial charge in [-0.05, 0) is 0 Å². The van der Waals surface area contributed by atoms with E-state index < -0.39 is 6.10 Å². The molecule has 0 aromatic rings. The second-order valence-electron chi connectivity index (χ2n) is 2.45. The van der Waals surface area contributed by atoms with E-state index in [0.717, 1.165) is 5.57 Å². The average molecular weight is 157 g/mol. The maximum absolute atomic E-state index is 10.4. The summed E-state index contributed by atoms with van der Waals surface area (Å²) in [6, 6.07) is 0. The Morgan fingerprint density at radius 1 is 1.91 bits per heavy atom. The van der Waals surface area contributed by atoms with Crippen LogP contribution in [0, 0.1) is 0 Å². The van der Waals surface area contributed by atoms with Crippen LogP contribution in [0.3, 0.4) is 0 Å². The van der Waals surface area contributed by atoms with Gasteiger partial charge in [-0.1, -0.05) is 0 Å². The number of nitrogens with one attached hydrogen (secondary N) is 1. The Morgan fingerprint density at radius 3 is 3.09 bits per heavy atom. The average Bonchev–Trinajstić information content (AvgIpc) is 2.31. The summed E-state index contributed by atoms with van der Waals surface area (Å²) >= 11 is 0. The number of carbonyl (C=O) groups is 1. The third-order valence-electron chi connectivity index (χ3n) is 1.43. The van der Waals surface area contributed by atoms with Gasteiger partial charge in [0, 0.05) is 18.7 Å². The van der Waals surface area contributed by atoms with Crippen LogP contribution in [-0.2, 0) is 9.53 Å². The lowest BCUT2D eigenvalue weighted by Gasteiger charge is -2.00. The molecule has 0 aromatic carbocycles. The number of hydrogen-bond donors (Lipinski definition) is 2. The van der Waals surface area contributed by atoms with Gasteiger partial charge in [-0.2, -0.15) is 0 Å². The molecule has 0 spiro atoms. The van der Waals surface area contributed by atoms with Gasteiger partial charge in [0.2, 0.25) is 5.91 Å². The second-order valence-corrected chi connectivity index (χ2v) is 2.45. The van der Waals surface area contributed by atoms with Crippen molar-refractivity contribution in [3.8, 4) is 0 Å². The Balaban J connectivity index is 2.45. The fourth-order valence-corrected chi connectivity index (χ4v) is 0.824. The molecule has 2 N–H and O–H groups in total. The smallest absolute Gasteiger partial charge is 0.220 e. The third kappa shape index (κ3) is 2.32. The van der Waals surface area contributed by atoms with Crippen LogP contribution in [0.5, 0.6) is 0 Å². The molecule has 0 aromatic heterocycles. The lowest BCUT2D eigenvalue weighted by Crippen LogP contribution is -2.16. The Bertz CT molecular complexity index is 188. The first-order chi connectivity index (χ1) is 5.20. The molecule has 0 aliphatic carbocycles. The molecule has 1 fully saturated rings. The van der Waals surface area contributed by atoms with Gasteiger partial charge < -0.3 is 15.2 Å². The van der Waals surface area contributed by atoms with E-state index in [1.54, 1.807) is 0 Å². The quantitative estimate of drug-likeness (QED) is 0.534. The van der Waals surface area contributed by atoms with Crippen LogP contribution in [0.1, 0.15) is 6.92 Å². The molecule has 0 radical (unpaired) electrons. The predicted octanol–water partition coefficient (Wildman–Crippen LogP) is -0.603. The van der Waals surface area contributed by atoms with Crippen molar-refractivity contribution in [1.82, 2.24) is 5.32 Å². The van der Waals surface area contributed by atoms with E-state index in [-0.39, 0.29) is 5.91 Å². The van der Waals surface area contributed by atoms with Crippen LogP contribution in [0.25, 0.3) is 0 Å². The van der Waals surface area contributed by atoms with Gasteiger partial charge in [0.25, 0.3) is 0 Å². The summed E-state index contributed by atoms with van der Waals surface area (Å²) in [6.07, 6.45) is 0.946. The van der Waals surface area contributed by atoms with E-state index in [0.29, 0.717) is 13.2 Å². The van der Waals surface area contributed by atoms with Crippen molar-refractivity contribution < 1.29 is 14.6 Å². The van der Waals surface area contributed by atoms with Crippen LogP contribution in [0.2, 0.25) is 0 Å². The number of aliphatic hydroxyl groups is 1. The van der Waals surface area contributed by atoms with E-state index in [4.69, 9.17) is 9.84 Å². The standard InChI is InChI=1S/C7H11NO3/c1-5(9)8-2-6-3-11-4-7(6)10/h2,7,10H,3-4H2,1H3,(H,8,9)/b6-2+. The van der Waals surface area contributed by atoms with Crippen LogP contribution >= 0.6 is 0 Å². The molecule has 1 aliphatic heterocycles. The van der Waals surface area contributed by atoms with E-state index in [1.165, 1.54) is 13.1 Å². The van der Waals surface area contributed by atoms with Crippen molar-refractivity contribution in [2.24, 2.45) is 0 Å². The van der Waals surface area contributed by atoms with Crippen LogP contribution in [-0.4, -0.2) is 30.3 Å². The molecule has 1 heterocycles. The van der Waals surface area contributed by atoms with Gasteiger partial charge in [-0.25, -0.2) is 0 Å². The summed E-state index contributed by atoms with van der Waals surface area (Å²) in [5.41, 5.74) is 0.722. The number of hydrogen-bond acceptors (Lipinski definition) is 3. The molecular weight excluding hydrogens is 146 g/mol. The fourth-order valence-electron chi connectivity index (χ4n) is 0.824. The summed E-state index contributed by atoms with van der Waals surface area (Å²) in [6.45, 7) is 2.14. The van der Waals surface area contributed by atoms with Crippen molar-refractivity contribution >= 4 is 5.91 Å². The van der Waals surface area contributed by atoms with E-state index >= 15 is 0 Å². The monoisotopic (exact) mass is 157 g/mol. The molecule has 1 aliphatic rings. The molecule has 0 saturated carbocycles. The van der Waals surface area contributed by atoms with Gasteiger partial charge in [0.1, 0.15) is 6.10 Å². The molecule has 11 heavy (non-hydrogen) atoms. The van der Waals surface area contributed by atoms with E-state index in [2.05, 4.69) is 5.32 Å². The molecule has 0 bridgehead atoms. The highest BCUT2D eigenvalue weighted by Gasteiger charge is 2.18. The third-order valence-corrected chi connectivity index (χ3v) is 1.43. The largest absolute Gasteiger partial charge is 0.386 e. The SMILES string of the molecule is CC(=O)N/C=C1\COCC1O. The number of ether oxygens (including phenoxy) is 1. The van der Waals surface area contributed by atoms with Gasteiger partial charge >= 0.3 is 0 Å². The summed E-state index contributed by atoms with van der Waals surface area (Å²) in [7, 11) is 0. The normalized spacial score (nSPS) is 27.5. The highest BCUT2D eigenvalue weighted by atomic mass is 16.5. The van der Waals surface area contributed by atoms with Crippen molar-refractivity contribution in [1.29, 1.82) is 0 Å². The van der Waals surface area contributed by atoms with Crippen molar-refractivity contribution in [3.63, 3.8) is 0 Å². The maximum atomic E-state index is 10.4. The molecular formula is C7H11NO3. The molecule has 62 valence electrons. The van der Waals surface area contributed by atoms with Gasteiger partial charge in [0.05, 0.1) is 13.2 Å². The Labute approximate surface area is 64.9 Å². The highest BCUT2D eigenvalue weighted by molar-refractivity contribution is 5.74. The van der Waals surface area contributed by atoms with E-state index in [1.807, 2.05) is 0 Å². The molecule has 4 nitrogen and oxygen atoms in total. The first kappa shape index (κ1) is 8.23. The van der Waals surface area contributed by atoms with Crippen LogP contribution in [0.15, 0.2) is 11.8 Å². The van der Waals surface area contributed by atoms with Gasteiger partial charge in [0.15, 0.2) is 0 Å². The van der Waals surface area contributed by atoms with Crippen molar-refractivity contribution in [3.05, 3.63) is 11.8 Å². The summed E-state index contributed by atoms with van der Waals surface area (Å²) < 4.78 is 4.93.